The van der Waals surface area contributed by atoms with Gasteiger partial charge in [-0.15, -0.1) is 0 Å². The van der Waals surface area contributed by atoms with Gasteiger partial charge >= 0.3 is 0 Å². The van der Waals surface area contributed by atoms with Gasteiger partial charge in [0.1, 0.15) is 35.9 Å². The SMILES string of the molecule is CCC(c1cc(OCc2cnc(-c3cc(OC)ccc3F)c(OCC(C)(C)C)c2)ncn1)C1CC1. The van der Waals surface area contributed by atoms with Crippen molar-refractivity contribution in [2.45, 2.75) is 59.5 Å². The second-order valence-corrected chi connectivity index (χ2v) is 10.3. The lowest BCUT2D eigenvalue weighted by atomic mass is 9.96. The van der Waals surface area contributed by atoms with Gasteiger partial charge in [0.25, 0.3) is 0 Å². The Morgan fingerprint density at radius 1 is 1.06 bits per heavy atom. The Labute approximate surface area is 206 Å². The van der Waals surface area contributed by atoms with Crippen molar-refractivity contribution < 1.29 is 18.6 Å². The molecule has 35 heavy (non-hydrogen) atoms. The molecule has 0 N–H and O–H groups in total. The summed E-state index contributed by atoms with van der Waals surface area (Å²) in [6.45, 7) is 9.15. The van der Waals surface area contributed by atoms with Crippen LogP contribution in [0, 0.1) is 17.2 Å². The number of nitrogens with zero attached hydrogens (tertiary/aromatic N) is 3. The maximum absolute atomic E-state index is 14.7. The normalized spacial score (nSPS) is 14.5. The second-order valence-electron chi connectivity index (χ2n) is 10.3. The van der Waals surface area contributed by atoms with E-state index in [9.17, 15) is 4.39 Å². The molecule has 1 fully saturated rings. The van der Waals surface area contributed by atoms with Crippen LogP contribution < -0.4 is 14.2 Å². The maximum atomic E-state index is 14.7. The molecule has 186 valence electrons. The zero-order valence-corrected chi connectivity index (χ0v) is 21.2. The summed E-state index contributed by atoms with van der Waals surface area (Å²) >= 11 is 0. The van der Waals surface area contributed by atoms with E-state index in [2.05, 4.69) is 42.6 Å². The van der Waals surface area contributed by atoms with Gasteiger partial charge in [-0.3, -0.25) is 4.98 Å². The molecule has 0 spiro atoms. The molecule has 1 unspecified atom stereocenters. The van der Waals surface area contributed by atoms with Crippen LogP contribution in [-0.4, -0.2) is 28.7 Å². The van der Waals surface area contributed by atoms with Crippen LogP contribution in [0.15, 0.2) is 42.9 Å². The number of rotatable bonds is 10. The van der Waals surface area contributed by atoms with Crippen molar-refractivity contribution >= 4 is 0 Å². The predicted octanol–water partition coefficient (Wildman–Crippen LogP) is 6.59. The average Bonchev–Trinajstić information content (AvgIpc) is 3.67. The first kappa shape index (κ1) is 24.9. The fraction of sp³-hybridized carbons (Fsp3) is 0.464. The van der Waals surface area contributed by atoms with E-state index in [1.54, 1.807) is 31.8 Å². The van der Waals surface area contributed by atoms with Crippen molar-refractivity contribution in [3.63, 3.8) is 0 Å². The summed E-state index contributed by atoms with van der Waals surface area (Å²) in [5.74, 6) is 2.37. The molecule has 1 aliphatic rings. The van der Waals surface area contributed by atoms with Crippen molar-refractivity contribution in [3.8, 4) is 28.6 Å². The number of pyridine rings is 1. The van der Waals surface area contributed by atoms with Crippen LogP contribution in [0.4, 0.5) is 4.39 Å². The van der Waals surface area contributed by atoms with Crippen molar-refractivity contribution in [1.82, 2.24) is 15.0 Å². The maximum Gasteiger partial charge on any atom is 0.216 e. The highest BCUT2D eigenvalue weighted by atomic mass is 19.1. The molecular formula is C28H34FN3O3. The summed E-state index contributed by atoms with van der Waals surface area (Å²) in [6, 6.07) is 8.38. The zero-order valence-electron chi connectivity index (χ0n) is 21.2. The standard InChI is InChI=1S/C28H34FN3O3/c1-6-21(19-7-8-19)24-13-26(32-17-31-24)34-15-18-11-25(35-16-28(2,3)4)27(30-14-18)22-12-20(33-5)9-10-23(22)29/h9-14,17,19,21H,6-8,15-16H2,1-5H3. The average molecular weight is 480 g/mol. The van der Waals surface area contributed by atoms with Gasteiger partial charge in [-0.25, -0.2) is 14.4 Å². The Kier molecular flexibility index (Phi) is 7.53. The minimum Gasteiger partial charge on any atom is -0.497 e. The fourth-order valence-electron chi connectivity index (χ4n) is 4.06. The molecule has 4 rings (SSSR count). The molecule has 7 heteroatoms. The predicted molar refractivity (Wildman–Crippen MR) is 133 cm³/mol. The molecule has 3 aromatic rings. The molecule has 0 aliphatic heterocycles. The Morgan fingerprint density at radius 2 is 1.86 bits per heavy atom. The molecule has 2 aromatic heterocycles. The molecule has 0 radical (unpaired) electrons. The molecule has 6 nitrogen and oxygen atoms in total. The third-order valence-corrected chi connectivity index (χ3v) is 6.06. The number of ether oxygens (including phenoxy) is 3. The molecule has 0 saturated heterocycles. The number of hydrogen-bond acceptors (Lipinski definition) is 6. The Bertz CT molecular complexity index is 1160. The minimum atomic E-state index is -0.391. The van der Waals surface area contributed by atoms with E-state index < -0.39 is 5.82 Å². The molecule has 0 amide bonds. The van der Waals surface area contributed by atoms with E-state index in [4.69, 9.17) is 14.2 Å². The summed E-state index contributed by atoms with van der Waals surface area (Å²) < 4.78 is 32.1. The number of halogens is 1. The van der Waals surface area contributed by atoms with Crippen molar-refractivity contribution in [1.29, 1.82) is 0 Å². The summed E-state index contributed by atoms with van der Waals surface area (Å²) in [4.78, 5) is 13.3. The van der Waals surface area contributed by atoms with E-state index in [1.807, 2.05) is 12.1 Å². The first-order chi connectivity index (χ1) is 16.8. The van der Waals surface area contributed by atoms with Crippen molar-refractivity contribution in [2.24, 2.45) is 11.3 Å². The Hall–Kier alpha value is -3.22. The fourth-order valence-corrected chi connectivity index (χ4v) is 4.06. The van der Waals surface area contributed by atoms with Crippen LogP contribution in [-0.2, 0) is 6.61 Å². The minimum absolute atomic E-state index is 0.0779. The van der Waals surface area contributed by atoms with Gasteiger partial charge in [-0.05, 0) is 54.9 Å². The monoisotopic (exact) mass is 479 g/mol. The van der Waals surface area contributed by atoms with E-state index in [0.29, 0.717) is 41.2 Å². The number of benzene rings is 1. The van der Waals surface area contributed by atoms with E-state index in [1.165, 1.54) is 18.9 Å². The number of hydrogen-bond donors (Lipinski definition) is 0. The first-order valence-electron chi connectivity index (χ1n) is 12.2. The quantitative estimate of drug-likeness (QED) is 0.327. The molecule has 1 aromatic carbocycles. The Morgan fingerprint density at radius 3 is 2.54 bits per heavy atom. The highest BCUT2D eigenvalue weighted by Crippen LogP contribution is 2.44. The van der Waals surface area contributed by atoms with Gasteiger partial charge in [0.05, 0.1) is 19.4 Å². The third kappa shape index (κ3) is 6.47. The molecule has 2 heterocycles. The lowest BCUT2D eigenvalue weighted by Crippen LogP contribution is -2.17. The molecule has 1 saturated carbocycles. The van der Waals surface area contributed by atoms with Crippen LogP contribution in [0.5, 0.6) is 17.4 Å². The van der Waals surface area contributed by atoms with Crippen LogP contribution in [0.2, 0.25) is 0 Å². The lowest BCUT2D eigenvalue weighted by Gasteiger charge is -2.21. The van der Waals surface area contributed by atoms with E-state index in [0.717, 1.165) is 23.6 Å². The van der Waals surface area contributed by atoms with E-state index >= 15 is 0 Å². The summed E-state index contributed by atoms with van der Waals surface area (Å²) in [5, 5.41) is 0. The molecular weight excluding hydrogens is 445 g/mol. The van der Waals surface area contributed by atoms with Gasteiger partial charge in [0.2, 0.25) is 5.88 Å². The highest BCUT2D eigenvalue weighted by molar-refractivity contribution is 5.68. The Balaban J connectivity index is 1.57. The van der Waals surface area contributed by atoms with E-state index in [-0.39, 0.29) is 12.0 Å². The zero-order chi connectivity index (χ0) is 25.0. The third-order valence-electron chi connectivity index (χ3n) is 6.06. The van der Waals surface area contributed by atoms with Crippen LogP contribution in [0.3, 0.4) is 0 Å². The first-order valence-corrected chi connectivity index (χ1v) is 12.2. The van der Waals surface area contributed by atoms with Gasteiger partial charge < -0.3 is 14.2 Å². The summed E-state index contributed by atoms with van der Waals surface area (Å²) in [5.41, 5.74) is 2.51. The van der Waals surface area contributed by atoms with Gasteiger partial charge in [0, 0.05) is 29.3 Å². The largest absolute Gasteiger partial charge is 0.497 e. The lowest BCUT2D eigenvalue weighted by molar-refractivity contribution is 0.197. The van der Waals surface area contributed by atoms with Crippen molar-refractivity contribution in [3.05, 3.63) is 59.9 Å². The number of aromatic nitrogens is 3. The second kappa shape index (κ2) is 10.6. The van der Waals surface area contributed by atoms with Crippen LogP contribution in [0.25, 0.3) is 11.3 Å². The van der Waals surface area contributed by atoms with Gasteiger partial charge in [0.15, 0.2) is 0 Å². The smallest absolute Gasteiger partial charge is 0.216 e. The van der Waals surface area contributed by atoms with Crippen molar-refractivity contribution in [2.75, 3.05) is 13.7 Å². The summed E-state index contributed by atoms with van der Waals surface area (Å²) in [6.07, 6.45) is 6.84. The van der Waals surface area contributed by atoms with Crippen LogP contribution >= 0.6 is 0 Å². The molecule has 1 atom stereocenters. The number of methoxy groups -OCH3 is 1. The topological polar surface area (TPSA) is 66.4 Å². The summed E-state index contributed by atoms with van der Waals surface area (Å²) in [7, 11) is 1.55. The molecule has 1 aliphatic carbocycles. The van der Waals surface area contributed by atoms with Crippen LogP contribution in [0.1, 0.15) is 64.1 Å². The van der Waals surface area contributed by atoms with Gasteiger partial charge in [-0.1, -0.05) is 27.7 Å². The van der Waals surface area contributed by atoms with Gasteiger partial charge in [-0.2, -0.15) is 0 Å². The highest BCUT2D eigenvalue weighted by Gasteiger charge is 2.32. The molecule has 0 bridgehead atoms.